The quantitative estimate of drug-likeness (QED) is 0.736. The van der Waals surface area contributed by atoms with Gasteiger partial charge in [-0.2, -0.15) is 0 Å². The number of hydrogen-bond acceptors (Lipinski definition) is 4. The number of aryl methyl sites for hydroxylation is 1. The summed E-state index contributed by atoms with van der Waals surface area (Å²) in [6, 6.07) is 9.36. The predicted molar refractivity (Wildman–Crippen MR) is 79.2 cm³/mol. The fourth-order valence-corrected chi connectivity index (χ4v) is 2.78. The van der Waals surface area contributed by atoms with Crippen molar-refractivity contribution < 1.29 is 0 Å². The van der Waals surface area contributed by atoms with Crippen molar-refractivity contribution in [1.29, 1.82) is 0 Å². The van der Waals surface area contributed by atoms with Crippen LogP contribution in [-0.2, 0) is 7.05 Å². The van der Waals surface area contributed by atoms with Gasteiger partial charge in [-0.3, -0.25) is 0 Å². The smallest absolute Gasteiger partial charge is 0.191 e. The molecule has 4 nitrogen and oxygen atoms in total. The minimum Gasteiger partial charge on any atom is -0.399 e. The van der Waals surface area contributed by atoms with Crippen LogP contribution in [0.25, 0.3) is 22.1 Å². The third kappa shape index (κ3) is 2.34. The number of aromatic nitrogens is 3. The molecule has 2 aromatic heterocycles. The Balaban J connectivity index is 2.10. The normalized spacial score (nSPS) is 10.8. The number of nitrogen functional groups attached to an aromatic ring is 1. The standard InChI is InChI=1S/C13H11ClN4S/c1-18-13(8-5-9(14)7-10(15)6-8)16-12(17-18)11-3-2-4-19-11/h2-7H,15H2,1H3. The average Bonchev–Trinajstić information content (AvgIpc) is 2.95. The highest BCUT2D eigenvalue weighted by Crippen LogP contribution is 2.27. The van der Waals surface area contributed by atoms with Crippen molar-refractivity contribution >= 4 is 28.6 Å². The van der Waals surface area contributed by atoms with Gasteiger partial charge >= 0.3 is 0 Å². The summed E-state index contributed by atoms with van der Waals surface area (Å²) in [6.07, 6.45) is 0. The molecule has 0 atom stereocenters. The van der Waals surface area contributed by atoms with Gasteiger partial charge in [0.2, 0.25) is 0 Å². The van der Waals surface area contributed by atoms with Crippen molar-refractivity contribution in [3.05, 3.63) is 40.7 Å². The van der Waals surface area contributed by atoms with E-state index >= 15 is 0 Å². The van der Waals surface area contributed by atoms with Crippen LogP contribution in [0.2, 0.25) is 5.02 Å². The molecule has 3 rings (SSSR count). The Morgan fingerprint density at radius 3 is 2.84 bits per heavy atom. The topological polar surface area (TPSA) is 56.7 Å². The van der Waals surface area contributed by atoms with Crippen LogP contribution in [0.3, 0.4) is 0 Å². The van der Waals surface area contributed by atoms with Crippen molar-refractivity contribution in [3.63, 3.8) is 0 Å². The molecule has 0 aliphatic carbocycles. The monoisotopic (exact) mass is 290 g/mol. The maximum Gasteiger partial charge on any atom is 0.191 e. The first-order valence-corrected chi connectivity index (χ1v) is 6.90. The lowest BCUT2D eigenvalue weighted by atomic mass is 10.2. The highest BCUT2D eigenvalue weighted by atomic mass is 35.5. The summed E-state index contributed by atoms with van der Waals surface area (Å²) in [4.78, 5) is 5.59. The molecular formula is C13H11ClN4S. The van der Waals surface area contributed by atoms with Gasteiger partial charge in [-0.25, -0.2) is 9.67 Å². The number of halogens is 1. The van der Waals surface area contributed by atoms with Gasteiger partial charge in [0.1, 0.15) is 0 Å². The van der Waals surface area contributed by atoms with Gasteiger partial charge in [0.25, 0.3) is 0 Å². The van der Waals surface area contributed by atoms with Crippen molar-refractivity contribution in [3.8, 4) is 22.1 Å². The summed E-state index contributed by atoms with van der Waals surface area (Å²) in [5, 5.41) is 7.02. The van der Waals surface area contributed by atoms with Gasteiger partial charge in [-0.1, -0.05) is 17.7 Å². The molecule has 0 saturated carbocycles. The Morgan fingerprint density at radius 1 is 1.32 bits per heavy atom. The zero-order valence-electron chi connectivity index (χ0n) is 10.2. The third-order valence-electron chi connectivity index (χ3n) is 2.68. The van der Waals surface area contributed by atoms with Crippen molar-refractivity contribution in [2.24, 2.45) is 7.05 Å². The highest BCUT2D eigenvalue weighted by Gasteiger charge is 2.12. The van der Waals surface area contributed by atoms with Gasteiger partial charge in [0, 0.05) is 23.3 Å². The summed E-state index contributed by atoms with van der Waals surface area (Å²) >= 11 is 7.63. The van der Waals surface area contributed by atoms with E-state index in [1.54, 1.807) is 22.1 Å². The van der Waals surface area contributed by atoms with Gasteiger partial charge < -0.3 is 5.73 Å². The molecule has 1 aromatic carbocycles. The summed E-state index contributed by atoms with van der Waals surface area (Å²) in [6.45, 7) is 0. The van der Waals surface area contributed by atoms with E-state index in [9.17, 15) is 0 Å². The number of hydrogen-bond donors (Lipinski definition) is 1. The molecule has 0 amide bonds. The molecule has 0 unspecified atom stereocenters. The average molecular weight is 291 g/mol. The summed E-state index contributed by atoms with van der Waals surface area (Å²) in [7, 11) is 1.86. The molecule has 0 radical (unpaired) electrons. The zero-order chi connectivity index (χ0) is 13.4. The first-order valence-electron chi connectivity index (χ1n) is 5.65. The molecule has 0 aliphatic rings. The summed E-state index contributed by atoms with van der Waals surface area (Å²) < 4.78 is 1.74. The van der Waals surface area contributed by atoms with E-state index in [1.165, 1.54) is 0 Å². The van der Waals surface area contributed by atoms with Crippen LogP contribution in [0.1, 0.15) is 0 Å². The molecule has 6 heteroatoms. The molecule has 0 saturated heterocycles. The SMILES string of the molecule is Cn1nc(-c2cccs2)nc1-c1cc(N)cc(Cl)c1. The van der Waals surface area contributed by atoms with Crippen LogP contribution in [0.5, 0.6) is 0 Å². The van der Waals surface area contributed by atoms with E-state index in [-0.39, 0.29) is 0 Å². The van der Waals surface area contributed by atoms with Crippen molar-refractivity contribution in [1.82, 2.24) is 14.8 Å². The molecule has 2 N–H and O–H groups in total. The van der Waals surface area contributed by atoms with Crippen LogP contribution >= 0.6 is 22.9 Å². The first-order chi connectivity index (χ1) is 9.13. The molecule has 3 aromatic rings. The fourth-order valence-electron chi connectivity index (χ4n) is 1.89. The molecule has 19 heavy (non-hydrogen) atoms. The second-order valence-electron chi connectivity index (χ2n) is 4.13. The third-order valence-corrected chi connectivity index (χ3v) is 3.77. The second kappa shape index (κ2) is 4.68. The molecule has 0 aliphatic heterocycles. The number of benzene rings is 1. The lowest BCUT2D eigenvalue weighted by Gasteiger charge is -2.02. The van der Waals surface area contributed by atoms with Crippen LogP contribution in [0, 0.1) is 0 Å². The van der Waals surface area contributed by atoms with Crippen LogP contribution in [0.4, 0.5) is 5.69 Å². The summed E-state index contributed by atoms with van der Waals surface area (Å²) in [5.41, 5.74) is 7.29. The van der Waals surface area contributed by atoms with E-state index in [0.29, 0.717) is 16.5 Å². The maximum absolute atomic E-state index is 6.02. The molecule has 0 bridgehead atoms. The van der Waals surface area contributed by atoms with Crippen LogP contribution in [0.15, 0.2) is 35.7 Å². The first kappa shape index (κ1) is 12.2. The van der Waals surface area contributed by atoms with E-state index < -0.39 is 0 Å². The van der Waals surface area contributed by atoms with E-state index in [1.807, 2.05) is 36.7 Å². The number of nitrogens with two attached hydrogens (primary N) is 1. The Hall–Kier alpha value is -1.85. The molecular weight excluding hydrogens is 280 g/mol. The van der Waals surface area contributed by atoms with Crippen molar-refractivity contribution in [2.45, 2.75) is 0 Å². The second-order valence-corrected chi connectivity index (χ2v) is 5.52. The number of nitrogens with zero attached hydrogens (tertiary/aromatic N) is 3. The molecule has 0 spiro atoms. The fraction of sp³-hybridized carbons (Fsp3) is 0.0769. The number of thiophene rings is 1. The van der Waals surface area contributed by atoms with Gasteiger partial charge in [0.05, 0.1) is 4.88 Å². The van der Waals surface area contributed by atoms with E-state index in [2.05, 4.69) is 10.1 Å². The van der Waals surface area contributed by atoms with Crippen LogP contribution in [-0.4, -0.2) is 14.8 Å². The minimum absolute atomic E-state index is 0.593. The summed E-state index contributed by atoms with van der Waals surface area (Å²) in [5.74, 6) is 1.46. The zero-order valence-corrected chi connectivity index (χ0v) is 11.7. The number of rotatable bonds is 2. The lowest BCUT2D eigenvalue weighted by Crippen LogP contribution is -1.95. The predicted octanol–water partition coefficient (Wildman–Crippen LogP) is 3.45. The molecule has 2 heterocycles. The largest absolute Gasteiger partial charge is 0.399 e. The number of anilines is 1. The lowest BCUT2D eigenvalue weighted by molar-refractivity contribution is 0.778. The Kier molecular flexibility index (Phi) is 3.00. The van der Waals surface area contributed by atoms with Crippen LogP contribution < -0.4 is 5.73 Å². The highest BCUT2D eigenvalue weighted by molar-refractivity contribution is 7.13. The molecule has 0 fully saturated rings. The van der Waals surface area contributed by atoms with Gasteiger partial charge in [-0.05, 0) is 29.6 Å². The minimum atomic E-state index is 0.593. The Morgan fingerprint density at radius 2 is 2.16 bits per heavy atom. The van der Waals surface area contributed by atoms with Gasteiger partial charge in [0.15, 0.2) is 11.6 Å². The Bertz CT molecular complexity index is 698. The van der Waals surface area contributed by atoms with E-state index in [0.717, 1.165) is 16.3 Å². The van der Waals surface area contributed by atoms with Crippen molar-refractivity contribution in [2.75, 3.05) is 5.73 Å². The maximum atomic E-state index is 6.02. The van der Waals surface area contributed by atoms with E-state index in [4.69, 9.17) is 17.3 Å². The molecule has 96 valence electrons. The Labute approximate surface area is 119 Å². The van der Waals surface area contributed by atoms with Gasteiger partial charge in [-0.15, -0.1) is 16.4 Å².